The molecule has 2 aliphatic rings. The van der Waals surface area contributed by atoms with Gasteiger partial charge in [-0.05, 0) is 38.5 Å². The van der Waals surface area contributed by atoms with Crippen molar-refractivity contribution < 1.29 is 0 Å². The van der Waals surface area contributed by atoms with Crippen LogP contribution in [0.2, 0.25) is 0 Å². The lowest BCUT2D eigenvalue weighted by atomic mass is 9.76. The van der Waals surface area contributed by atoms with E-state index in [-0.39, 0.29) is 0 Å². The summed E-state index contributed by atoms with van der Waals surface area (Å²) in [6, 6.07) is 0.738. The van der Waals surface area contributed by atoms with Crippen molar-refractivity contribution in [2.45, 2.75) is 103 Å². The Kier molecular flexibility index (Phi) is 5.53. The average molecular weight is 280 g/mol. The van der Waals surface area contributed by atoms with E-state index in [9.17, 15) is 0 Å². The monoisotopic (exact) mass is 280 g/mol. The fraction of sp³-hybridized carbons (Fsp3) is 1.00. The predicted octanol–water partition coefficient (Wildman–Crippen LogP) is 4.34. The van der Waals surface area contributed by atoms with Crippen molar-refractivity contribution in [3.8, 4) is 0 Å². The topological polar surface area (TPSA) is 15.3 Å². The zero-order valence-corrected chi connectivity index (χ0v) is 14.3. The molecule has 2 rings (SSSR count). The van der Waals surface area contributed by atoms with Crippen molar-refractivity contribution in [1.82, 2.24) is 10.2 Å². The molecule has 118 valence electrons. The van der Waals surface area contributed by atoms with Gasteiger partial charge in [0.2, 0.25) is 0 Å². The van der Waals surface area contributed by atoms with Gasteiger partial charge < -0.3 is 5.32 Å². The number of rotatable bonds is 5. The second-order valence-electron chi connectivity index (χ2n) is 7.20. The maximum absolute atomic E-state index is 3.97. The Morgan fingerprint density at radius 3 is 2.10 bits per heavy atom. The van der Waals surface area contributed by atoms with Gasteiger partial charge in [-0.15, -0.1) is 0 Å². The van der Waals surface area contributed by atoms with Gasteiger partial charge >= 0.3 is 0 Å². The fourth-order valence-corrected chi connectivity index (χ4v) is 4.80. The molecule has 1 saturated heterocycles. The molecule has 1 aliphatic carbocycles. The van der Waals surface area contributed by atoms with Gasteiger partial charge in [-0.1, -0.05) is 47.0 Å². The molecule has 0 aromatic rings. The van der Waals surface area contributed by atoms with Crippen LogP contribution in [-0.2, 0) is 0 Å². The minimum absolute atomic E-state index is 0.438. The molecule has 0 aromatic heterocycles. The summed E-state index contributed by atoms with van der Waals surface area (Å²) < 4.78 is 0. The highest BCUT2D eigenvalue weighted by Gasteiger charge is 2.45. The lowest BCUT2D eigenvalue weighted by Gasteiger charge is -2.56. The molecule has 1 N–H and O–H groups in total. The number of piperazine rings is 1. The summed E-state index contributed by atoms with van der Waals surface area (Å²) in [5.41, 5.74) is 0.877. The summed E-state index contributed by atoms with van der Waals surface area (Å²) in [5, 5.41) is 3.97. The van der Waals surface area contributed by atoms with Gasteiger partial charge in [0.05, 0.1) is 0 Å². The van der Waals surface area contributed by atoms with Gasteiger partial charge in [0, 0.05) is 30.2 Å². The molecule has 1 aliphatic heterocycles. The Bertz CT molecular complexity index is 282. The first-order valence-electron chi connectivity index (χ1n) is 9.17. The Labute approximate surface area is 126 Å². The van der Waals surface area contributed by atoms with Gasteiger partial charge in [0.15, 0.2) is 0 Å². The van der Waals surface area contributed by atoms with Crippen LogP contribution < -0.4 is 5.32 Å². The zero-order chi connectivity index (χ0) is 14.6. The van der Waals surface area contributed by atoms with Crippen LogP contribution in [0.15, 0.2) is 0 Å². The van der Waals surface area contributed by atoms with Gasteiger partial charge in [-0.3, -0.25) is 4.90 Å². The molecule has 0 amide bonds. The van der Waals surface area contributed by atoms with Gasteiger partial charge in [-0.25, -0.2) is 0 Å². The largest absolute Gasteiger partial charge is 0.308 e. The predicted molar refractivity (Wildman–Crippen MR) is 88.2 cm³/mol. The second-order valence-corrected chi connectivity index (χ2v) is 7.20. The Balaban J connectivity index is 2.21. The molecule has 2 nitrogen and oxygen atoms in total. The van der Waals surface area contributed by atoms with E-state index in [0.29, 0.717) is 11.1 Å². The van der Waals surface area contributed by atoms with E-state index in [2.05, 4.69) is 37.9 Å². The van der Waals surface area contributed by atoms with Crippen LogP contribution in [0.1, 0.15) is 85.5 Å². The third kappa shape index (κ3) is 2.92. The lowest BCUT2D eigenvalue weighted by Crippen LogP contribution is -2.69. The van der Waals surface area contributed by atoms with E-state index in [0.717, 1.165) is 6.04 Å². The van der Waals surface area contributed by atoms with Crippen LogP contribution in [0, 0.1) is 0 Å². The van der Waals surface area contributed by atoms with Crippen LogP contribution in [0.4, 0.5) is 0 Å². The van der Waals surface area contributed by atoms with Crippen molar-refractivity contribution in [3.63, 3.8) is 0 Å². The van der Waals surface area contributed by atoms with E-state index in [1.165, 1.54) is 70.9 Å². The van der Waals surface area contributed by atoms with Crippen molar-refractivity contribution in [3.05, 3.63) is 0 Å². The molecule has 20 heavy (non-hydrogen) atoms. The standard InChI is InChI=1S/C18H36N2/c1-5-16-14-19-17(12-10-9-11-13-17)15-20(16)18(6-2,7-3)8-4/h16,19H,5-15H2,1-4H3. The van der Waals surface area contributed by atoms with Gasteiger partial charge in [0.1, 0.15) is 0 Å². The molecule has 1 atom stereocenters. The molecule has 0 bridgehead atoms. The van der Waals surface area contributed by atoms with Crippen LogP contribution in [0.3, 0.4) is 0 Å². The molecular formula is C18H36N2. The van der Waals surface area contributed by atoms with E-state index in [1.807, 2.05) is 0 Å². The highest BCUT2D eigenvalue weighted by Crippen LogP contribution is 2.38. The van der Waals surface area contributed by atoms with Crippen molar-refractivity contribution >= 4 is 0 Å². The minimum atomic E-state index is 0.438. The van der Waals surface area contributed by atoms with Crippen molar-refractivity contribution in [2.24, 2.45) is 0 Å². The summed E-state index contributed by atoms with van der Waals surface area (Å²) in [5.74, 6) is 0. The van der Waals surface area contributed by atoms with E-state index in [4.69, 9.17) is 0 Å². The number of hydrogen-bond donors (Lipinski definition) is 1. The maximum atomic E-state index is 3.97. The average Bonchev–Trinajstić information content (AvgIpc) is 2.51. The molecule has 0 aromatic carbocycles. The third-order valence-electron chi connectivity index (χ3n) is 6.49. The highest BCUT2D eigenvalue weighted by molar-refractivity contribution is 5.04. The quantitative estimate of drug-likeness (QED) is 0.806. The van der Waals surface area contributed by atoms with Gasteiger partial charge in [0.25, 0.3) is 0 Å². The molecule has 1 saturated carbocycles. The van der Waals surface area contributed by atoms with Crippen LogP contribution in [-0.4, -0.2) is 35.1 Å². The van der Waals surface area contributed by atoms with Crippen molar-refractivity contribution in [2.75, 3.05) is 13.1 Å². The second kappa shape index (κ2) is 6.79. The summed E-state index contributed by atoms with van der Waals surface area (Å²) in [4.78, 5) is 2.93. The molecule has 2 heteroatoms. The zero-order valence-electron chi connectivity index (χ0n) is 14.3. The lowest BCUT2D eigenvalue weighted by molar-refractivity contribution is -0.0359. The van der Waals surface area contributed by atoms with Crippen molar-refractivity contribution in [1.29, 1.82) is 0 Å². The normalized spacial score (nSPS) is 27.9. The molecule has 0 radical (unpaired) electrons. The minimum Gasteiger partial charge on any atom is -0.308 e. The molecule has 1 spiro atoms. The van der Waals surface area contributed by atoms with Crippen LogP contribution in [0.5, 0.6) is 0 Å². The first-order valence-corrected chi connectivity index (χ1v) is 9.17. The number of nitrogens with zero attached hydrogens (tertiary/aromatic N) is 1. The smallest absolute Gasteiger partial charge is 0.0309 e. The summed E-state index contributed by atoms with van der Waals surface area (Å²) >= 11 is 0. The first kappa shape index (κ1) is 16.3. The highest BCUT2D eigenvalue weighted by atomic mass is 15.3. The summed E-state index contributed by atoms with van der Waals surface area (Å²) in [7, 11) is 0. The van der Waals surface area contributed by atoms with E-state index < -0.39 is 0 Å². The molecule has 1 unspecified atom stereocenters. The molecule has 1 heterocycles. The fourth-order valence-electron chi connectivity index (χ4n) is 4.80. The Morgan fingerprint density at radius 1 is 1.00 bits per heavy atom. The first-order chi connectivity index (χ1) is 9.65. The van der Waals surface area contributed by atoms with Crippen LogP contribution in [0.25, 0.3) is 0 Å². The Hall–Kier alpha value is -0.0800. The van der Waals surface area contributed by atoms with Gasteiger partial charge in [-0.2, -0.15) is 0 Å². The van der Waals surface area contributed by atoms with Crippen LogP contribution >= 0.6 is 0 Å². The molecular weight excluding hydrogens is 244 g/mol. The Morgan fingerprint density at radius 2 is 1.60 bits per heavy atom. The van der Waals surface area contributed by atoms with E-state index >= 15 is 0 Å². The SMILES string of the molecule is CCC1CNC2(CCCCC2)CN1C(CC)(CC)CC. The maximum Gasteiger partial charge on any atom is 0.0309 e. The summed E-state index contributed by atoms with van der Waals surface area (Å²) in [6.45, 7) is 12.1. The third-order valence-corrected chi connectivity index (χ3v) is 6.49. The summed E-state index contributed by atoms with van der Waals surface area (Å²) in [6.07, 6.45) is 12.3. The number of hydrogen-bond acceptors (Lipinski definition) is 2. The number of nitrogens with one attached hydrogen (secondary N) is 1. The molecule has 2 fully saturated rings. The van der Waals surface area contributed by atoms with E-state index in [1.54, 1.807) is 0 Å².